The average molecular weight is 458 g/mol. The molecule has 2 fully saturated rings. The molecule has 1 aromatic heterocycles. The van der Waals surface area contributed by atoms with Crippen LogP contribution in [0.15, 0.2) is 32.4 Å². The van der Waals surface area contributed by atoms with Crippen molar-refractivity contribution in [3.05, 3.63) is 34.3 Å². The van der Waals surface area contributed by atoms with Crippen LogP contribution in [0.3, 0.4) is 0 Å². The molecule has 1 aromatic carbocycles. The number of ether oxygens (including phenoxy) is 2. The van der Waals surface area contributed by atoms with Gasteiger partial charge in [-0.25, -0.2) is 4.79 Å². The first-order chi connectivity index (χ1) is 15.9. The number of hydrogen-bond acceptors (Lipinski definition) is 6. The fraction of sp³-hybridized carbons (Fsp3) is 0.692. The van der Waals surface area contributed by atoms with Gasteiger partial charge in [0.2, 0.25) is 0 Å². The fourth-order valence-electron chi connectivity index (χ4n) is 5.59. The third kappa shape index (κ3) is 5.26. The van der Waals surface area contributed by atoms with Crippen LogP contribution in [0.2, 0.25) is 0 Å². The third-order valence-corrected chi connectivity index (χ3v) is 7.67. The highest BCUT2D eigenvalue weighted by Crippen LogP contribution is 2.38. The molecule has 0 unspecified atom stereocenters. The maximum atomic E-state index is 12.8. The molecule has 0 amide bonds. The number of aliphatic imine (C=N–C) groups is 1. The lowest BCUT2D eigenvalue weighted by molar-refractivity contribution is -0.0419. The molecule has 1 saturated carbocycles. The summed E-state index contributed by atoms with van der Waals surface area (Å²) in [6.07, 6.45) is 6.80. The Hall–Kier alpha value is -1.96. The van der Waals surface area contributed by atoms with Crippen LogP contribution in [0.1, 0.15) is 70.9 Å². The van der Waals surface area contributed by atoms with E-state index in [9.17, 15) is 4.79 Å². The number of benzene rings is 1. The van der Waals surface area contributed by atoms with Gasteiger partial charge in [0.05, 0.1) is 24.8 Å². The van der Waals surface area contributed by atoms with Gasteiger partial charge in [-0.15, -0.1) is 0 Å². The van der Waals surface area contributed by atoms with E-state index in [-0.39, 0.29) is 17.3 Å². The molecular weight excluding hydrogens is 418 g/mol. The molecule has 1 aliphatic carbocycles. The van der Waals surface area contributed by atoms with Crippen LogP contribution in [0.25, 0.3) is 11.1 Å². The van der Waals surface area contributed by atoms with Crippen LogP contribution < -0.4 is 5.76 Å². The Balaban J connectivity index is 1.42. The van der Waals surface area contributed by atoms with Gasteiger partial charge < -0.3 is 13.9 Å². The van der Waals surface area contributed by atoms with E-state index in [1.54, 1.807) is 7.11 Å². The van der Waals surface area contributed by atoms with Crippen LogP contribution in [-0.4, -0.2) is 66.8 Å². The quantitative estimate of drug-likeness (QED) is 0.433. The van der Waals surface area contributed by atoms with Gasteiger partial charge in [0.15, 0.2) is 5.58 Å². The van der Waals surface area contributed by atoms with E-state index in [2.05, 4.69) is 22.9 Å². The molecule has 7 nitrogen and oxygen atoms in total. The lowest BCUT2D eigenvalue weighted by atomic mass is 9.79. The molecule has 7 heteroatoms. The van der Waals surface area contributed by atoms with E-state index in [4.69, 9.17) is 13.9 Å². The van der Waals surface area contributed by atoms with Crippen molar-refractivity contribution in [1.29, 1.82) is 0 Å². The number of rotatable bonds is 8. The van der Waals surface area contributed by atoms with Crippen LogP contribution >= 0.6 is 0 Å². The van der Waals surface area contributed by atoms with Gasteiger partial charge in [0.1, 0.15) is 0 Å². The summed E-state index contributed by atoms with van der Waals surface area (Å²) in [6, 6.07) is 6.13. The summed E-state index contributed by atoms with van der Waals surface area (Å²) >= 11 is 0. The Morgan fingerprint density at radius 2 is 1.91 bits per heavy atom. The summed E-state index contributed by atoms with van der Waals surface area (Å²) in [4.78, 5) is 19.9. The molecule has 1 saturated heterocycles. The topological polar surface area (TPSA) is 69.2 Å². The predicted molar refractivity (Wildman–Crippen MR) is 132 cm³/mol. The Kier molecular flexibility index (Phi) is 7.72. The summed E-state index contributed by atoms with van der Waals surface area (Å²) in [7, 11) is 1.71. The molecule has 0 spiro atoms. The van der Waals surface area contributed by atoms with E-state index in [0.717, 1.165) is 75.0 Å². The van der Waals surface area contributed by atoms with E-state index in [1.165, 1.54) is 0 Å². The molecule has 0 radical (unpaired) electrons. The van der Waals surface area contributed by atoms with Gasteiger partial charge >= 0.3 is 5.76 Å². The molecule has 4 rings (SSSR count). The number of oxazole rings is 1. The largest absolute Gasteiger partial charge is 0.420 e. The zero-order valence-corrected chi connectivity index (χ0v) is 20.6. The summed E-state index contributed by atoms with van der Waals surface area (Å²) in [6.45, 7) is 10.6. The highest BCUT2D eigenvalue weighted by Gasteiger charge is 2.38. The highest BCUT2D eigenvalue weighted by atomic mass is 16.5. The molecule has 182 valence electrons. The lowest BCUT2D eigenvalue weighted by Crippen LogP contribution is -2.53. The first kappa shape index (κ1) is 24.2. The van der Waals surface area contributed by atoms with Crippen LogP contribution in [0, 0.1) is 0 Å². The average Bonchev–Trinajstić information content (AvgIpc) is 3.15. The van der Waals surface area contributed by atoms with Gasteiger partial charge in [0.25, 0.3) is 0 Å². The second-order valence-electron chi connectivity index (χ2n) is 9.76. The molecular formula is C26H39N3O4. The van der Waals surface area contributed by atoms with E-state index in [0.29, 0.717) is 24.9 Å². The molecule has 0 atom stereocenters. The minimum Gasteiger partial charge on any atom is -0.408 e. The Morgan fingerprint density at radius 1 is 1.18 bits per heavy atom. The molecule has 2 aliphatic rings. The molecule has 0 bridgehead atoms. The minimum atomic E-state index is -0.245. The molecule has 33 heavy (non-hydrogen) atoms. The summed E-state index contributed by atoms with van der Waals surface area (Å²) in [5.74, 6) is -0.245. The minimum absolute atomic E-state index is 0.172. The fourth-order valence-corrected chi connectivity index (χ4v) is 5.59. The van der Waals surface area contributed by atoms with Crippen molar-refractivity contribution in [3.8, 4) is 0 Å². The van der Waals surface area contributed by atoms with Crippen molar-refractivity contribution in [2.75, 3.05) is 40.0 Å². The van der Waals surface area contributed by atoms with Crippen LogP contribution in [0.5, 0.6) is 0 Å². The first-order valence-corrected chi connectivity index (χ1v) is 12.5. The Morgan fingerprint density at radius 3 is 2.58 bits per heavy atom. The third-order valence-electron chi connectivity index (χ3n) is 7.67. The number of fused-ring (bicyclic) bond motifs is 1. The lowest BCUT2D eigenvalue weighted by Gasteiger charge is -2.48. The van der Waals surface area contributed by atoms with Crippen molar-refractivity contribution in [1.82, 2.24) is 9.47 Å². The Labute approximate surface area is 196 Å². The summed E-state index contributed by atoms with van der Waals surface area (Å²) in [5, 5.41) is 0. The van der Waals surface area contributed by atoms with Crippen molar-refractivity contribution >= 4 is 16.8 Å². The van der Waals surface area contributed by atoms with Gasteiger partial charge in [-0.3, -0.25) is 14.5 Å². The molecule has 0 N–H and O–H groups in total. The normalized spacial score (nSPS) is 25.7. The molecule has 1 aliphatic heterocycles. The van der Waals surface area contributed by atoms with Crippen molar-refractivity contribution < 1.29 is 13.9 Å². The number of hydrogen-bond donors (Lipinski definition) is 0. The van der Waals surface area contributed by atoms with Crippen molar-refractivity contribution in [3.63, 3.8) is 0 Å². The highest BCUT2D eigenvalue weighted by molar-refractivity contribution is 6.01. The standard InChI is InChI=1S/C26H39N3O4/c1-5-27-19(2)20-6-7-24-23(18-20)29(25(30)33-24)21-10-14-28(15-11-21)26(3)12-8-22(9-13-26)32-17-16-31-4/h6-7,18,21-22H,5,8-17H2,1-4H3. The zero-order valence-electron chi connectivity index (χ0n) is 20.6. The van der Waals surface area contributed by atoms with Gasteiger partial charge in [-0.2, -0.15) is 0 Å². The number of likely N-dealkylation sites (tertiary alicyclic amines) is 1. The van der Waals surface area contributed by atoms with Crippen LogP contribution in [0.4, 0.5) is 0 Å². The number of piperidine rings is 1. The summed E-state index contributed by atoms with van der Waals surface area (Å²) in [5.41, 5.74) is 3.81. The zero-order chi connectivity index (χ0) is 23.4. The van der Waals surface area contributed by atoms with E-state index >= 15 is 0 Å². The molecule has 2 aromatic rings. The van der Waals surface area contributed by atoms with E-state index < -0.39 is 0 Å². The number of methoxy groups -OCH3 is 1. The smallest absolute Gasteiger partial charge is 0.408 e. The van der Waals surface area contributed by atoms with Gasteiger partial charge in [-0.05, 0) is 83.1 Å². The van der Waals surface area contributed by atoms with Gasteiger partial charge in [0, 0.05) is 44.0 Å². The van der Waals surface area contributed by atoms with Crippen molar-refractivity contribution in [2.45, 2.75) is 77.0 Å². The van der Waals surface area contributed by atoms with Crippen LogP contribution in [-0.2, 0) is 9.47 Å². The number of nitrogens with zero attached hydrogens (tertiary/aromatic N) is 3. The van der Waals surface area contributed by atoms with E-state index in [1.807, 2.05) is 30.5 Å². The summed E-state index contributed by atoms with van der Waals surface area (Å²) < 4.78 is 18.5. The second kappa shape index (κ2) is 10.5. The first-order valence-electron chi connectivity index (χ1n) is 12.5. The monoisotopic (exact) mass is 457 g/mol. The molecule has 2 heterocycles. The maximum Gasteiger partial charge on any atom is 0.420 e. The maximum absolute atomic E-state index is 12.8. The van der Waals surface area contributed by atoms with Gasteiger partial charge in [-0.1, -0.05) is 0 Å². The van der Waals surface area contributed by atoms with Crippen molar-refractivity contribution in [2.24, 2.45) is 4.99 Å². The Bertz CT molecular complexity index is 1010. The second-order valence-corrected chi connectivity index (χ2v) is 9.76. The predicted octanol–water partition coefficient (Wildman–Crippen LogP) is 4.42. The SMILES string of the molecule is CCN=C(C)c1ccc2oc(=O)n(C3CCN(C4(C)CCC(OCCOC)CC4)CC3)c2c1. The number of aromatic nitrogens is 1.